The highest BCUT2D eigenvalue weighted by molar-refractivity contribution is 7.62. The lowest BCUT2D eigenvalue weighted by Gasteiger charge is -2.31. The van der Waals surface area contributed by atoms with Gasteiger partial charge in [-0.05, 0) is 38.0 Å². The highest BCUT2D eigenvalue weighted by Gasteiger charge is 2.38. The molecule has 2 rings (SSSR count). The van der Waals surface area contributed by atoms with Gasteiger partial charge >= 0.3 is 13.6 Å². The maximum absolute atomic E-state index is 13.1. The monoisotopic (exact) mass is 324 g/mol. The van der Waals surface area contributed by atoms with Crippen molar-refractivity contribution in [2.75, 3.05) is 13.2 Å². The second-order valence-corrected chi connectivity index (χ2v) is 6.87. The molecule has 1 aliphatic heterocycles. The van der Waals surface area contributed by atoms with E-state index < -0.39 is 19.7 Å². The first-order valence-corrected chi connectivity index (χ1v) is 8.91. The summed E-state index contributed by atoms with van der Waals surface area (Å²) in [4.78, 5) is 11.4. The summed E-state index contributed by atoms with van der Waals surface area (Å²) in [6, 6.07) is 5.73. The van der Waals surface area contributed by atoms with Crippen LogP contribution < -0.4 is 5.30 Å². The third kappa shape index (κ3) is 3.67. The number of fused-ring (bicyclic) bond motifs is 1. The number of hydrogen-bond donors (Lipinski definition) is 0. The van der Waals surface area contributed by atoms with Gasteiger partial charge in [-0.15, -0.1) is 0 Å². The average Bonchev–Trinajstić information content (AvgIpc) is 2.45. The summed E-state index contributed by atoms with van der Waals surface area (Å²) in [5, 5.41) is 0.651. The van der Waals surface area contributed by atoms with E-state index in [1.165, 1.54) is 6.08 Å². The fourth-order valence-corrected chi connectivity index (χ4v) is 4.67. The Morgan fingerprint density at radius 3 is 2.86 bits per heavy atom. The molecule has 2 atom stereocenters. The molecule has 1 heterocycles. The summed E-state index contributed by atoms with van der Waals surface area (Å²) in [7, 11) is -3.38. The molecule has 120 valence electrons. The van der Waals surface area contributed by atoms with E-state index in [1.54, 1.807) is 19.9 Å². The van der Waals surface area contributed by atoms with Crippen molar-refractivity contribution in [1.82, 2.24) is 0 Å². The normalized spacial score (nSPS) is 24.2. The van der Waals surface area contributed by atoms with Crippen molar-refractivity contribution in [1.29, 1.82) is 0 Å². The lowest BCUT2D eigenvalue weighted by Crippen LogP contribution is -2.30. The van der Waals surface area contributed by atoms with Crippen LogP contribution in [-0.2, 0) is 29.6 Å². The molecule has 6 heteroatoms. The molecule has 0 saturated carbocycles. The van der Waals surface area contributed by atoms with Gasteiger partial charge in [0.15, 0.2) is 0 Å². The average molecular weight is 324 g/mol. The van der Waals surface area contributed by atoms with Crippen molar-refractivity contribution in [3.05, 3.63) is 41.5 Å². The molecule has 22 heavy (non-hydrogen) atoms. The number of ether oxygens (including phenoxy) is 1. The van der Waals surface area contributed by atoms with Crippen LogP contribution in [0.5, 0.6) is 0 Å². The number of carbonyl (C=O) groups is 1. The Morgan fingerprint density at radius 1 is 1.41 bits per heavy atom. The Bertz CT molecular complexity index is 623. The lowest BCUT2D eigenvalue weighted by atomic mass is 10.0. The smallest absolute Gasteiger partial charge is 0.362 e. The Kier molecular flexibility index (Phi) is 5.57. The molecule has 0 N–H and O–H groups in total. The van der Waals surface area contributed by atoms with Crippen molar-refractivity contribution in [2.45, 2.75) is 33.3 Å². The Labute approximate surface area is 130 Å². The second kappa shape index (κ2) is 7.23. The van der Waals surface area contributed by atoms with Gasteiger partial charge in [0.25, 0.3) is 0 Å². The molecule has 5 nitrogen and oxygen atoms in total. The quantitative estimate of drug-likeness (QED) is 0.473. The summed E-state index contributed by atoms with van der Waals surface area (Å²) in [6.45, 7) is 6.01. The molecule has 1 aromatic carbocycles. The summed E-state index contributed by atoms with van der Waals surface area (Å²) >= 11 is 0. The van der Waals surface area contributed by atoms with Gasteiger partial charge in [0.2, 0.25) is 0 Å². The molecular formula is C16H21O5P. The number of hydrogen-bond acceptors (Lipinski definition) is 5. The van der Waals surface area contributed by atoms with E-state index in [0.717, 1.165) is 11.1 Å². The maximum atomic E-state index is 13.1. The Balaban J connectivity index is 2.30. The van der Waals surface area contributed by atoms with E-state index in [-0.39, 0.29) is 0 Å². The van der Waals surface area contributed by atoms with Gasteiger partial charge in [-0.2, -0.15) is 0 Å². The van der Waals surface area contributed by atoms with Crippen molar-refractivity contribution in [3.63, 3.8) is 0 Å². The molecule has 0 aromatic heterocycles. The van der Waals surface area contributed by atoms with E-state index in [2.05, 4.69) is 0 Å². The van der Waals surface area contributed by atoms with Crippen LogP contribution in [-0.4, -0.2) is 25.3 Å². The van der Waals surface area contributed by atoms with Crippen molar-refractivity contribution in [2.24, 2.45) is 0 Å². The van der Waals surface area contributed by atoms with Crippen molar-refractivity contribution >= 4 is 18.9 Å². The summed E-state index contributed by atoms with van der Waals surface area (Å²) < 4.78 is 29.0. The second-order valence-electron chi connectivity index (χ2n) is 4.96. The minimum absolute atomic E-state index is 0.291. The SMILES string of the molecule is CCOC(=O)/C=C/C1Cc2cccc(C)c2P(=O)(OCC)O1. The van der Waals surface area contributed by atoms with Crippen molar-refractivity contribution in [3.8, 4) is 0 Å². The van der Waals surface area contributed by atoms with E-state index in [0.29, 0.717) is 24.9 Å². The summed E-state index contributed by atoms with van der Waals surface area (Å²) in [6.07, 6.45) is 2.96. The molecule has 0 radical (unpaired) electrons. The van der Waals surface area contributed by atoms with Gasteiger partial charge in [0.1, 0.15) is 0 Å². The molecule has 1 aromatic rings. The highest BCUT2D eigenvalue weighted by Crippen LogP contribution is 2.52. The first-order chi connectivity index (χ1) is 10.5. The topological polar surface area (TPSA) is 61.8 Å². The Morgan fingerprint density at radius 2 is 2.18 bits per heavy atom. The van der Waals surface area contributed by atoms with Gasteiger partial charge in [0.05, 0.1) is 24.6 Å². The fraction of sp³-hybridized carbons (Fsp3) is 0.438. The molecule has 0 saturated heterocycles. The zero-order valence-electron chi connectivity index (χ0n) is 13.1. The van der Waals surface area contributed by atoms with Gasteiger partial charge < -0.3 is 9.26 Å². The van der Waals surface area contributed by atoms with Crippen LogP contribution in [0, 0.1) is 6.92 Å². The minimum Gasteiger partial charge on any atom is -0.463 e. The van der Waals surface area contributed by atoms with E-state index >= 15 is 0 Å². The van der Waals surface area contributed by atoms with Crippen LogP contribution in [0.1, 0.15) is 25.0 Å². The third-order valence-corrected chi connectivity index (χ3v) is 5.66. The number of carbonyl (C=O) groups excluding carboxylic acids is 1. The van der Waals surface area contributed by atoms with Crippen LogP contribution >= 0.6 is 7.60 Å². The van der Waals surface area contributed by atoms with Crippen LogP contribution in [0.25, 0.3) is 0 Å². The molecular weight excluding hydrogens is 303 g/mol. The lowest BCUT2D eigenvalue weighted by molar-refractivity contribution is -0.137. The maximum Gasteiger partial charge on any atom is 0.362 e. The van der Waals surface area contributed by atoms with Gasteiger partial charge in [0, 0.05) is 12.5 Å². The molecule has 0 bridgehead atoms. The minimum atomic E-state index is -3.38. The van der Waals surface area contributed by atoms with Gasteiger partial charge in [-0.3, -0.25) is 9.09 Å². The largest absolute Gasteiger partial charge is 0.463 e. The third-order valence-electron chi connectivity index (χ3n) is 3.32. The van der Waals surface area contributed by atoms with Crippen LogP contribution in [0.15, 0.2) is 30.4 Å². The highest BCUT2D eigenvalue weighted by atomic mass is 31.2. The van der Waals surface area contributed by atoms with E-state index in [1.807, 2.05) is 25.1 Å². The standard InChI is InChI=1S/C16H21O5P/c1-4-19-15(17)10-9-14-11-13-8-6-7-12(3)16(13)22(18,21-14)20-5-2/h6-10,14H,4-5,11H2,1-3H3/b10-9+. The molecule has 1 aliphatic rings. The summed E-state index contributed by atoms with van der Waals surface area (Å²) in [5.74, 6) is -0.438. The number of benzene rings is 1. The summed E-state index contributed by atoms with van der Waals surface area (Å²) in [5.41, 5.74) is 1.82. The predicted molar refractivity (Wildman–Crippen MR) is 84.4 cm³/mol. The van der Waals surface area contributed by atoms with Crippen molar-refractivity contribution < 1.29 is 23.1 Å². The molecule has 2 unspecified atom stereocenters. The first-order valence-electron chi connectivity index (χ1n) is 7.37. The van der Waals surface area contributed by atoms with Crippen LogP contribution in [0.4, 0.5) is 0 Å². The molecule has 0 fully saturated rings. The predicted octanol–water partition coefficient (Wildman–Crippen LogP) is 2.91. The molecule has 0 amide bonds. The van der Waals surface area contributed by atoms with Gasteiger partial charge in [-0.25, -0.2) is 4.79 Å². The fourth-order valence-electron chi connectivity index (χ4n) is 2.51. The van der Waals surface area contributed by atoms with E-state index in [9.17, 15) is 9.36 Å². The zero-order valence-corrected chi connectivity index (χ0v) is 14.0. The first kappa shape index (κ1) is 16.9. The van der Waals surface area contributed by atoms with Crippen LogP contribution in [0.3, 0.4) is 0 Å². The molecule has 0 spiro atoms. The molecule has 0 aliphatic carbocycles. The number of esters is 1. The Hall–Kier alpha value is -1.42. The number of rotatable bonds is 5. The van der Waals surface area contributed by atoms with Gasteiger partial charge in [-0.1, -0.05) is 18.2 Å². The van der Waals surface area contributed by atoms with E-state index in [4.69, 9.17) is 13.8 Å². The van der Waals surface area contributed by atoms with Crippen LogP contribution in [0.2, 0.25) is 0 Å². The number of aryl methyl sites for hydroxylation is 1. The zero-order chi connectivity index (χ0) is 16.2.